The molecule has 0 unspecified atom stereocenters. The molecule has 6 heteroatoms. The molecule has 0 radical (unpaired) electrons. The monoisotopic (exact) mass is 292 g/mol. The third-order valence-electron chi connectivity index (χ3n) is 2.53. The van der Waals surface area contributed by atoms with Gasteiger partial charge in [-0.1, -0.05) is 17.7 Å². The Morgan fingerprint density at radius 3 is 2.70 bits per heavy atom. The second-order valence-corrected chi connectivity index (χ2v) is 4.38. The first kappa shape index (κ1) is 14.0. The van der Waals surface area contributed by atoms with Gasteiger partial charge in [0.2, 0.25) is 0 Å². The van der Waals surface area contributed by atoms with Gasteiger partial charge in [-0.3, -0.25) is 0 Å². The van der Waals surface area contributed by atoms with Crippen molar-refractivity contribution in [2.24, 2.45) is 0 Å². The Labute approximate surface area is 121 Å². The fourth-order valence-electron chi connectivity index (χ4n) is 1.59. The highest BCUT2D eigenvalue weighted by Gasteiger charge is 2.07. The molecular weight excluding hydrogens is 280 g/mol. The molecule has 0 aliphatic rings. The first-order chi connectivity index (χ1) is 9.58. The summed E-state index contributed by atoms with van der Waals surface area (Å²) in [5, 5.41) is 14.7. The SMILES string of the molecule is COc1cccc(NC(=O)Nc2ccc(O)cc2Cl)c1. The first-order valence-electron chi connectivity index (χ1n) is 5.79. The van der Waals surface area contributed by atoms with Crippen molar-refractivity contribution < 1.29 is 14.6 Å². The van der Waals surface area contributed by atoms with E-state index in [-0.39, 0.29) is 10.8 Å². The van der Waals surface area contributed by atoms with Crippen LogP contribution in [0.3, 0.4) is 0 Å². The van der Waals surface area contributed by atoms with Crippen LogP contribution in [0.1, 0.15) is 0 Å². The van der Waals surface area contributed by atoms with E-state index in [1.165, 1.54) is 18.2 Å². The Bertz CT molecular complexity index is 632. The second-order valence-electron chi connectivity index (χ2n) is 3.98. The molecule has 3 N–H and O–H groups in total. The van der Waals surface area contributed by atoms with Crippen molar-refractivity contribution in [3.8, 4) is 11.5 Å². The molecule has 0 spiro atoms. The number of ether oxygens (including phenoxy) is 1. The average molecular weight is 293 g/mol. The molecule has 0 saturated carbocycles. The van der Waals surface area contributed by atoms with Crippen LogP contribution in [0, 0.1) is 0 Å². The number of nitrogens with one attached hydrogen (secondary N) is 2. The van der Waals surface area contributed by atoms with Crippen molar-refractivity contribution in [2.75, 3.05) is 17.7 Å². The minimum Gasteiger partial charge on any atom is -0.508 e. The number of halogens is 1. The Hall–Kier alpha value is -2.40. The van der Waals surface area contributed by atoms with Crippen LogP contribution in [0.15, 0.2) is 42.5 Å². The lowest BCUT2D eigenvalue weighted by molar-refractivity contribution is 0.262. The molecule has 2 aromatic rings. The van der Waals surface area contributed by atoms with E-state index < -0.39 is 6.03 Å². The molecule has 0 fully saturated rings. The highest BCUT2D eigenvalue weighted by atomic mass is 35.5. The van der Waals surface area contributed by atoms with Crippen molar-refractivity contribution in [3.05, 3.63) is 47.5 Å². The van der Waals surface area contributed by atoms with Crippen LogP contribution in [0.2, 0.25) is 5.02 Å². The predicted octanol–water partition coefficient (Wildman–Crippen LogP) is 3.70. The van der Waals surface area contributed by atoms with Crippen LogP contribution >= 0.6 is 11.6 Å². The number of carbonyl (C=O) groups is 1. The zero-order valence-electron chi connectivity index (χ0n) is 10.7. The summed E-state index contributed by atoms with van der Waals surface area (Å²) in [6.07, 6.45) is 0. The summed E-state index contributed by atoms with van der Waals surface area (Å²) in [4.78, 5) is 11.8. The van der Waals surface area contributed by atoms with E-state index in [0.29, 0.717) is 17.1 Å². The minimum absolute atomic E-state index is 0.0359. The predicted molar refractivity (Wildman–Crippen MR) is 78.8 cm³/mol. The minimum atomic E-state index is -0.439. The van der Waals surface area contributed by atoms with Gasteiger partial charge in [0.15, 0.2) is 0 Å². The zero-order valence-corrected chi connectivity index (χ0v) is 11.4. The number of urea groups is 1. The van der Waals surface area contributed by atoms with Gasteiger partial charge in [0.05, 0.1) is 17.8 Å². The maximum atomic E-state index is 11.8. The van der Waals surface area contributed by atoms with E-state index in [0.717, 1.165) is 0 Å². The quantitative estimate of drug-likeness (QED) is 0.755. The van der Waals surface area contributed by atoms with Crippen molar-refractivity contribution >= 4 is 29.0 Å². The summed E-state index contributed by atoms with van der Waals surface area (Å²) in [5.74, 6) is 0.680. The molecule has 20 heavy (non-hydrogen) atoms. The summed E-state index contributed by atoms with van der Waals surface area (Å²) in [5.41, 5.74) is 1.00. The van der Waals surface area contributed by atoms with Gasteiger partial charge in [-0.15, -0.1) is 0 Å². The van der Waals surface area contributed by atoms with Crippen LogP contribution in [0.25, 0.3) is 0 Å². The molecule has 0 heterocycles. The Morgan fingerprint density at radius 2 is 2.00 bits per heavy atom. The molecule has 2 amide bonds. The zero-order chi connectivity index (χ0) is 14.5. The highest BCUT2D eigenvalue weighted by Crippen LogP contribution is 2.26. The van der Waals surface area contributed by atoms with E-state index in [4.69, 9.17) is 16.3 Å². The van der Waals surface area contributed by atoms with Crippen molar-refractivity contribution in [1.29, 1.82) is 0 Å². The molecule has 0 aliphatic carbocycles. The number of carbonyl (C=O) groups excluding carboxylic acids is 1. The van der Waals surface area contributed by atoms with Gasteiger partial charge < -0.3 is 20.5 Å². The number of amides is 2. The van der Waals surface area contributed by atoms with Gasteiger partial charge in [0, 0.05) is 17.8 Å². The standard InChI is InChI=1S/C14H13ClN2O3/c1-20-11-4-2-3-9(7-11)16-14(19)17-13-6-5-10(18)8-12(13)15/h2-8,18H,1H3,(H2,16,17,19). The highest BCUT2D eigenvalue weighted by molar-refractivity contribution is 6.34. The largest absolute Gasteiger partial charge is 0.508 e. The van der Waals surface area contributed by atoms with E-state index in [9.17, 15) is 9.90 Å². The lowest BCUT2D eigenvalue weighted by atomic mass is 10.3. The van der Waals surface area contributed by atoms with Crippen molar-refractivity contribution in [3.63, 3.8) is 0 Å². The van der Waals surface area contributed by atoms with Crippen LogP contribution in [-0.2, 0) is 0 Å². The third kappa shape index (κ3) is 3.55. The molecule has 0 aliphatic heterocycles. The van der Waals surface area contributed by atoms with E-state index in [2.05, 4.69) is 10.6 Å². The summed E-state index contributed by atoms with van der Waals surface area (Å²) in [6.45, 7) is 0. The summed E-state index contributed by atoms with van der Waals surface area (Å²) in [7, 11) is 1.55. The molecule has 2 aromatic carbocycles. The summed E-state index contributed by atoms with van der Waals surface area (Å²) >= 11 is 5.90. The third-order valence-corrected chi connectivity index (χ3v) is 2.84. The molecule has 5 nitrogen and oxygen atoms in total. The molecule has 2 rings (SSSR count). The van der Waals surface area contributed by atoms with E-state index in [1.54, 1.807) is 31.4 Å². The topological polar surface area (TPSA) is 70.6 Å². The molecule has 0 aromatic heterocycles. The van der Waals surface area contributed by atoms with Crippen molar-refractivity contribution in [1.82, 2.24) is 0 Å². The van der Waals surface area contributed by atoms with Gasteiger partial charge in [-0.2, -0.15) is 0 Å². The number of anilines is 2. The Kier molecular flexibility index (Phi) is 4.32. The molecule has 0 bridgehead atoms. The lowest BCUT2D eigenvalue weighted by Gasteiger charge is -2.10. The smallest absolute Gasteiger partial charge is 0.323 e. The summed E-state index contributed by atoms with van der Waals surface area (Å²) in [6, 6.07) is 10.8. The number of rotatable bonds is 3. The van der Waals surface area contributed by atoms with Gasteiger partial charge in [-0.05, 0) is 24.3 Å². The normalized spacial score (nSPS) is 9.90. The van der Waals surface area contributed by atoms with Crippen LogP contribution in [-0.4, -0.2) is 18.2 Å². The van der Waals surface area contributed by atoms with Gasteiger partial charge in [0.1, 0.15) is 11.5 Å². The number of methoxy groups -OCH3 is 1. The number of benzene rings is 2. The van der Waals surface area contributed by atoms with Crippen molar-refractivity contribution in [2.45, 2.75) is 0 Å². The molecule has 104 valence electrons. The van der Waals surface area contributed by atoms with Gasteiger partial charge >= 0.3 is 6.03 Å². The number of hydrogen-bond donors (Lipinski definition) is 3. The fourth-order valence-corrected chi connectivity index (χ4v) is 1.81. The fraction of sp³-hybridized carbons (Fsp3) is 0.0714. The second kappa shape index (κ2) is 6.16. The van der Waals surface area contributed by atoms with Crippen LogP contribution in [0.4, 0.5) is 16.2 Å². The maximum absolute atomic E-state index is 11.8. The molecule has 0 atom stereocenters. The first-order valence-corrected chi connectivity index (χ1v) is 6.17. The summed E-state index contributed by atoms with van der Waals surface area (Å²) < 4.78 is 5.07. The van der Waals surface area contributed by atoms with E-state index >= 15 is 0 Å². The molecular formula is C14H13ClN2O3. The van der Waals surface area contributed by atoms with Crippen LogP contribution in [0.5, 0.6) is 11.5 Å². The Balaban J connectivity index is 2.05. The van der Waals surface area contributed by atoms with Gasteiger partial charge in [0.25, 0.3) is 0 Å². The Morgan fingerprint density at radius 1 is 1.20 bits per heavy atom. The number of hydrogen-bond acceptors (Lipinski definition) is 3. The van der Waals surface area contributed by atoms with E-state index in [1.807, 2.05) is 0 Å². The number of phenols is 1. The van der Waals surface area contributed by atoms with Crippen LogP contribution < -0.4 is 15.4 Å². The average Bonchev–Trinajstić information content (AvgIpc) is 2.42. The maximum Gasteiger partial charge on any atom is 0.323 e. The number of aromatic hydroxyl groups is 1. The molecule has 0 saturated heterocycles. The van der Waals surface area contributed by atoms with Gasteiger partial charge in [-0.25, -0.2) is 4.79 Å². The lowest BCUT2D eigenvalue weighted by Crippen LogP contribution is -2.19. The number of phenolic OH excluding ortho intramolecular Hbond substituents is 1.